The quantitative estimate of drug-likeness (QED) is 0.461. The standard InChI is InChI=1S/C22H32N2O2/c1-3-4-5-6-7-16-26-22-13-9-11-20(18-22)24-15-14-23-19-10-8-12-21(17-19)25-2/h8-13,17-18,23-24H,3-7,14-16H2,1-2H3. The van der Waals surface area contributed by atoms with Crippen molar-refractivity contribution in [2.24, 2.45) is 0 Å². The minimum absolute atomic E-state index is 0.796. The molecule has 0 unspecified atom stereocenters. The third kappa shape index (κ3) is 7.68. The molecule has 0 saturated carbocycles. The van der Waals surface area contributed by atoms with Crippen molar-refractivity contribution in [2.75, 3.05) is 37.4 Å². The third-order valence-corrected chi connectivity index (χ3v) is 4.20. The minimum atomic E-state index is 0.796. The molecule has 4 nitrogen and oxygen atoms in total. The van der Waals surface area contributed by atoms with Crippen molar-refractivity contribution in [3.8, 4) is 11.5 Å². The summed E-state index contributed by atoms with van der Waals surface area (Å²) < 4.78 is 11.1. The maximum absolute atomic E-state index is 5.86. The Morgan fingerprint density at radius 3 is 2.04 bits per heavy atom. The molecule has 0 aliphatic rings. The molecule has 4 heteroatoms. The summed E-state index contributed by atoms with van der Waals surface area (Å²) in [5, 5.41) is 6.82. The number of ether oxygens (including phenoxy) is 2. The molecular weight excluding hydrogens is 324 g/mol. The number of methoxy groups -OCH3 is 1. The van der Waals surface area contributed by atoms with Gasteiger partial charge in [-0.25, -0.2) is 0 Å². The first-order valence-corrected chi connectivity index (χ1v) is 9.66. The van der Waals surface area contributed by atoms with Crippen LogP contribution in [0.4, 0.5) is 11.4 Å². The Bertz CT molecular complexity index is 631. The summed E-state index contributed by atoms with van der Waals surface area (Å²) in [5.74, 6) is 1.80. The van der Waals surface area contributed by atoms with Crippen LogP contribution < -0.4 is 20.1 Å². The summed E-state index contributed by atoms with van der Waals surface area (Å²) >= 11 is 0. The van der Waals surface area contributed by atoms with E-state index in [1.165, 1.54) is 25.7 Å². The zero-order valence-electron chi connectivity index (χ0n) is 16.1. The molecule has 0 amide bonds. The zero-order valence-corrected chi connectivity index (χ0v) is 16.1. The van der Waals surface area contributed by atoms with E-state index in [2.05, 4.69) is 29.7 Å². The van der Waals surface area contributed by atoms with Crippen LogP contribution in [-0.4, -0.2) is 26.8 Å². The van der Waals surface area contributed by atoms with Gasteiger partial charge in [0, 0.05) is 36.6 Å². The minimum Gasteiger partial charge on any atom is -0.497 e. The van der Waals surface area contributed by atoms with Gasteiger partial charge < -0.3 is 20.1 Å². The molecule has 26 heavy (non-hydrogen) atoms. The van der Waals surface area contributed by atoms with Gasteiger partial charge in [-0.15, -0.1) is 0 Å². The molecule has 2 aromatic carbocycles. The fourth-order valence-corrected chi connectivity index (χ4v) is 2.74. The van der Waals surface area contributed by atoms with Gasteiger partial charge in [0.15, 0.2) is 0 Å². The van der Waals surface area contributed by atoms with Crippen LogP contribution >= 0.6 is 0 Å². The Labute approximate surface area is 157 Å². The maximum atomic E-state index is 5.86. The lowest BCUT2D eigenvalue weighted by Crippen LogP contribution is -2.13. The van der Waals surface area contributed by atoms with Gasteiger partial charge in [-0.3, -0.25) is 0 Å². The van der Waals surface area contributed by atoms with Crippen LogP contribution in [0.5, 0.6) is 11.5 Å². The average Bonchev–Trinajstić information content (AvgIpc) is 2.68. The molecule has 0 heterocycles. The molecule has 0 aromatic heterocycles. The highest BCUT2D eigenvalue weighted by Gasteiger charge is 1.98. The van der Waals surface area contributed by atoms with Crippen molar-refractivity contribution in [2.45, 2.75) is 39.0 Å². The largest absolute Gasteiger partial charge is 0.497 e. The monoisotopic (exact) mass is 356 g/mol. The van der Waals surface area contributed by atoms with Gasteiger partial charge in [-0.1, -0.05) is 44.7 Å². The number of hydrogen-bond donors (Lipinski definition) is 2. The molecule has 0 bridgehead atoms. The van der Waals surface area contributed by atoms with E-state index < -0.39 is 0 Å². The van der Waals surface area contributed by atoms with Crippen molar-refractivity contribution in [3.63, 3.8) is 0 Å². The Morgan fingerprint density at radius 2 is 1.38 bits per heavy atom. The molecule has 0 aliphatic carbocycles. The molecule has 0 saturated heterocycles. The summed E-state index contributed by atoms with van der Waals surface area (Å²) in [5.41, 5.74) is 2.15. The lowest BCUT2D eigenvalue weighted by molar-refractivity contribution is 0.304. The normalized spacial score (nSPS) is 10.4. The van der Waals surface area contributed by atoms with Crippen LogP contribution in [0.2, 0.25) is 0 Å². The predicted molar refractivity (Wildman–Crippen MR) is 111 cm³/mol. The molecule has 0 radical (unpaired) electrons. The Balaban J connectivity index is 1.66. The third-order valence-electron chi connectivity index (χ3n) is 4.20. The van der Waals surface area contributed by atoms with Crippen molar-refractivity contribution >= 4 is 11.4 Å². The summed E-state index contributed by atoms with van der Waals surface area (Å²) in [4.78, 5) is 0. The number of rotatable bonds is 13. The van der Waals surface area contributed by atoms with Crippen LogP contribution in [0.3, 0.4) is 0 Å². The summed E-state index contributed by atoms with van der Waals surface area (Å²) in [6.45, 7) is 4.69. The van der Waals surface area contributed by atoms with E-state index in [1.54, 1.807) is 7.11 Å². The lowest BCUT2D eigenvalue weighted by atomic mass is 10.2. The van der Waals surface area contributed by atoms with E-state index in [0.29, 0.717) is 0 Å². The van der Waals surface area contributed by atoms with Crippen LogP contribution in [0.25, 0.3) is 0 Å². The second kappa shape index (κ2) is 12.1. The SMILES string of the molecule is CCCCCCCOc1cccc(NCCNc2cccc(OC)c2)c1. The van der Waals surface area contributed by atoms with E-state index >= 15 is 0 Å². The Hall–Kier alpha value is -2.36. The van der Waals surface area contributed by atoms with Crippen LogP contribution in [0.15, 0.2) is 48.5 Å². The fourth-order valence-electron chi connectivity index (χ4n) is 2.74. The van der Waals surface area contributed by atoms with Crippen LogP contribution in [0.1, 0.15) is 39.0 Å². The predicted octanol–water partition coefficient (Wildman–Crippen LogP) is 5.57. The molecule has 0 atom stereocenters. The number of unbranched alkanes of at least 4 members (excludes halogenated alkanes) is 4. The van der Waals surface area contributed by atoms with Gasteiger partial charge in [0.2, 0.25) is 0 Å². The van der Waals surface area contributed by atoms with Gasteiger partial charge in [0.25, 0.3) is 0 Å². The summed E-state index contributed by atoms with van der Waals surface area (Å²) in [6.07, 6.45) is 6.29. The first-order chi connectivity index (χ1) is 12.8. The fraction of sp³-hybridized carbons (Fsp3) is 0.455. The topological polar surface area (TPSA) is 42.5 Å². The zero-order chi connectivity index (χ0) is 18.5. The van der Waals surface area contributed by atoms with Crippen LogP contribution in [-0.2, 0) is 0 Å². The van der Waals surface area contributed by atoms with Gasteiger partial charge in [0.05, 0.1) is 13.7 Å². The molecule has 0 aliphatic heterocycles. The van der Waals surface area contributed by atoms with Crippen molar-refractivity contribution < 1.29 is 9.47 Å². The smallest absolute Gasteiger partial charge is 0.121 e. The maximum Gasteiger partial charge on any atom is 0.121 e. The molecule has 2 aromatic rings. The van der Waals surface area contributed by atoms with Crippen molar-refractivity contribution in [3.05, 3.63) is 48.5 Å². The molecule has 142 valence electrons. The Morgan fingerprint density at radius 1 is 0.769 bits per heavy atom. The van der Waals surface area contributed by atoms with Gasteiger partial charge in [-0.05, 0) is 30.7 Å². The van der Waals surface area contributed by atoms with Crippen LogP contribution in [0, 0.1) is 0 Å². The number of benzene rings is 2. The Kier molecular flexibility index (Phi) is 9.26. The molecule has 2 N–H and O–H groups in total. The van der Waals surface area contributed by atoms with Gasteiger partial charge in [0.1, 0.15) is 11.5 Å². The first kappa shape index (κ1) is 20.0. The second-order valence-corrected chi connectivity index (χ2v) is 6.38. The second-order valence-electron chi connectivity index (χ2n) is 6.38. The van der Waals surface area contributed by atoms with E-state index in [0.717, 1.165) is 49.0 Å². The number of hydrogen-bond acceptors (Lipinski definition) is 4. The van der Waals surface area contributed by atoms with E-state index in [9.17, 15) is 0 Å². The summed E-state index contributed by atoms with van der Waals surface area (Å²) in [7, 11) is 1.68. The molecule has 0 spiro atoms. The lowest BCUT2D eigenvalue weighted by Gasteiger charge is -2.11. The highest BCUT2D eigenvalue weighted by Crippen LogP contribution is 2.18. The van der Waals surface area contributed by atoms with Gasteiger partial charge >= 0.3 is 0 Å². The highest BCUT2D eigenvalue weighted by atomic mass is 16.5. The number of nitrogens with one attached hydrogen (secondary N) is 2. The molecule has 0 fully saturated rings. The summed E-state index contributed by atoms with van der Waals surface area (Å²) in [6, 6.07) is 16.1. The molecular formula is C22H32N2O2. The average molecular weight is 357 g/mol. The molecule has 2 rings (SSSR count). The first-order valence-electron chi connectivity index (χ1n) is 9.66. The van der Waals surface area contributed by atoms with E-state index in [1.807, 2.05) is 36.4 Å². The highest BCUT2D eigenvalue weighted by molar-refractivity contribution is 5.50. The van der Waals surface area contributed by atoms with E-state index in [4.69, 9.17) is 9.47 Å². The van der Waals surface area contributed by atoms with E-state index in [-0.39, 0.29) is 0 Å². The number of anilines is 2. The van der Waals surface area contributed by atoms with Crippen molar-refractivity contribution in [1.82, 2.24) is 0 Å². The van der Waals surface area contributed by atoms with Crippen molar-refractivity contribution in [1.29, 1.82) is 0 Å². The van der Waals surface area contributed by atoms with Gasteiger partial charge in [-0.2, -0.15) is 0 Å².